The van der Waals surface area contributed by atoms with Crippen molar-refractivity contribution in [1.82, 2.24) is 9.38 Å². The van der Waals surface area contributed by atoms with Crippen LogP contribution >= 0.6 is 0 Å². The summed E-state index contributed by atoms with van der Waals surface area (Å²) >= 11 is 0. The topological polar surface area (TPSA) is 42.0 Å². The fourth-order valence-corrected chi connectivity index (χ4v) is 7.36. The smallest absolute Gasteiger partial charge is 0.151 e. The highest BCUT2D eigenvalue weighted by Crippen LogP contribution is 2.38. The molecule has 4 heteroatoms. The van der Waals surface area contributed by atoms with E-state index >= 15 is 0 Å². The Kier molecular flexibility index (Phi) is 9.90. The Hall–Kier alpha value is -6.65. The third-order valence-electron chi connectivity index (χ3n) is 10.00. The minimum Gasteiger partial charge on any atom is -0.299 e. The molecular weight excluding hydrogens is 657 g/mol. The van der Waals surface area contributed by atoms with Gasteiger partial charge in [0.15, 0.2) is 5.84 Å². The summed E-state index contributed by atoms with van der Waals surface area (Å²) in [6.45, 7) is 10.7. The Bertz CT molecular complexity index is 2540. The van der Waals surface area contributed by atoms with Crippen molar-refractivity contribution in [3.8, 4) is 33.6 Å². The van der Waals surface area contributed by atoms with Crippen LogP contribution in [0.4, 0.5) is 0 Å². The molecule has 4 aromatic carbocycles. The zero-order valence-corrected chi connectivity index (χ0v) is 30.6. The zero-order valence-electron chi connectivity index (χ0n) is 30.6. The molecule has 1 aliphatic carbocycles. The van der Waals surface area contributed by atoms with Gasteiger partial charge >= 0.3 is 0 Å². The summed E-state index contributed by atoms with van der Waals surface area (Å²) < 4.78 is 2.17. The molecule has 3 heterocycles. The van der Waals surface area contributed by atoms with Crippen LogP contribution in [0.2, 0.25) is 0 Å². The van der Waals surface area contributed by atoms with E-state index in [4.69, 9.17) is 15.0 Å². The van der Waals surface area contributed by atoms with Crippen molar-refractivity contribution in [3.05, 3.63) is 211 Å². The average molecular weight is 699 g/mol. The summed E-state index contributed by atoms with van der Waals surface area (Å²) in [7, 11) is 0. The Morgan fingerprint density at radius 2 is 1.54 bits per heavy atom. The van der Waals surface area contributed by atoms with Crippen LogP contribution in [0, 0.1) is 0 Å². The van der Waals surface area contributed by atoms with Gasteiger partial charge in [-0.25, -0.2) is 9.98 Å². The van der Waals surface area contributed by atoms with E-state index in [2.05, 4.69) is 163 Å². The summed E-state index contributed by atoms with van der Waals surface area (Å²) in [5.74, 6) is 0.787. The lowest BCUT2D eigenvalue weighted by Gasteiger charge is -2.19. The maximum absolute atomic E-state index is 5.43. The average Bonchev–Trinajstić information content (AvgIpc) is 3.53. The number of imidazole rings is 1. The lowest BCUT2D eigenvalue weighted by atomic mass is 9.89. The van der Waals surface area contributed by atoms with Crippen molar-refractivity contribution in [2.24, 2.45) is 9.98 Å². The first-order valence-corrected chi connectivity index (χ1v) is 18.6. The van der Waals surface area contributed by atoms with Crippen LogP contribution in [-0.4, -0.2) is 20.9 Å². The van der Waals surface area contributed by atoms with Crippen LogP contribution in [0.25, 0.3) is 44.9 Å². The van der Waals surface area contributed by atoms with Crippen molar-refractivity contribution in [3.63, 3.8) is 0 Å². The van der Waals surface area contributed by atoms with Gasteiger partial charge in [-0.05, 0) is 94.6 Å². The summed E-state index contributed by atoms with van der Waals surface area (Å²) in [6.07, 6.45) is 19.2. The highest BCUT2D eigenvalue weighted by atomic mass is 15.0. The lowest BCUT2D eigenvalue weighted by molar-refractivity contribution is 0.837. The molecule has 1 unspecified atom stereocenters. The number of amidine groups is 1. The molecule has 2 aromatic heterocycles. The summed E-state index contributed by atoms with van der Waals surface area (Å²) in [5, 5.41) is 0. The molecular formula is C50H42N4. The fourth-order valence-electron chi connectivity index (χ4n) is 7.36. The maximum atomic E-state index is 5.43. The Morgan fingerprint density at radius 1 is 0.796 bits per heavy atom. The summed E-state index contributed by atoms with van der Waals surface area (Å²) in [4.78, 5) is 15.8. The van der Waals surface area contributed by atoms with Crippen molar-refractivity contribution in [2.45, 2.75) is 32.2 Å². The SMILES string of the molecule is C=C/C=C(\C=C/C)c1cc(-c2ccc(-c3nc4ccccn4c3-c3ccccc3)cc2)cc(C2N=C(C3=CC=CCC3)N=C(c3ccccc3)CC2=C)c1. The number of aliphatic imine (C=N–C) groups is 2. The van der Waals surface area contributed by atoms with Gasteiger partial charge in [0, 0.05) is 23.7 Å². The second-order valence-electron chi connectivity index (χ2n) is 13.7. The first kappa shape index (κ1) is 34.4. The third-order valence-corrected chi connectivity index (χ3v) is 10.00. The predicted molar refractivity (Wildman–Crippen MR) is 228 cm³/mol. The van der Waals surface area contributed by atoms with Crippen molar-refractivity contribution in [1.29, 1.82) is 0 Å². The molecule has 0 bridgehead atoms. The summed E-state index contributed by atoms with van der Waals surface area (Å²) in [6, 6.07) is 42.3. The summed E-state index contributed by atoms with van der Waals surface area (Å²) in [5.41, 5.74) is 14.9. The number of fused-ring (bicyclic) bond motifs is 1. The number of nitrogens with zero attached hydrogens (tertiary/aromatic N) is 4. The van der Waals surface area contributed by atoms with E-state index in [9.17, 15) is 0 Å². The molecule has 54 heavy (non-hydrogen) atoms. The van der Waals surface area contributed by atoms with Crippen molar-refractivity contribution < 1.29 is 0 Å². The molecule has 2 aliphatic rings. The lowest BCUT2D eigenvalue weighted by Crippen LogP contribution is -2.07. The van der Waals surface area contributed by atoms with Crippen LogP contribution in [0.1, 0.15) is 48.9 Å². The van der Waals surface area contributed by atoms with E-state index in [1.165, 1.54) is 0 Å². The van der Waals surface area contributed by atoms with Gasteiger partial charge in [-0.15, -0.1) is 0 Å². The van der Waals surface area contributed by atoms with E-state index in [1.54, 1.807) is 0 Å². The molecule has 0 N–H and O–H groups in total. The van der Waals surface area contributed by atoms with Crippen LogP contribution in [0.15, 0.2) is 204 Å². The first-order chi connectivity index (χ1) is 26.6. The zero-order chi connectivity index (χ0) is 36.9. The van der Waals surface area contributed by atoms with Gasteiger partial charge in [0.1, 0.15) is 5.65 Å². The van der Waals surface area contributed by atoms with Crippen LogP contribution in [0.5, 0.6) is 0 Å². The van der Waals surface area contributed by atoms with Gasteiger partial charge in [0.2, 0.25) is 0 Å². The van der Waals surface area contributed by atoms with Crippen LogP contribution in [0.3, 0.4) is 0 Å². The number of benzene rings is 4. The number of allylic oxidation sites excluding steroid dienone is 8. The van der Waals surface area contributed by atoms with Crippen molar-refractivity contribution >= 4 is 22.8 Å². The van der Waals surface area contributed by atoms with Gasteiger partial charge in [-0.3, -0.25) is 9.39 Å². The number of aromatic nitrogens is 2. The van der Waals surface area contributed by atoms with E-state index in [0.717, 1.165) is 97.1 Å². The molecule has 8 rings (SSSR count). The molecule has 0 radical (unpaired) electrons. The quantitative estimate of drug-likeness (QED) is 0.109. The standard InChI is InChI=1S/C50H42N4/c1-4-17-36(18-5-2)42-32-43(37-26-28-39(29-27-37)48-49(40-21-11-7-12-22-40)54-30-16-15-25-46(54)52-48)34-44(33-42)47-35(3)31-45(38-19-9-6-10-20-38)51-50(53-47)41-23-13-8-14-24-41/h4-13,15-23,25-30,32-34,47H,1,3,14,24,31H2,2H3/b18-5-,36-17+. The first-order valence-electron chi connectivity index (χ1n) is 18.6. The number of rotatable bonds is 9. The number of pyridine rings is 1. The van der Waals surface area contributed by atoms with Crippen LogP contribution in [-0.2, 0) is 0 Å². The minimum absolute atomic E-state index is 0.281. The highest BCUT2D eigenvalue weighted by molar-refractivity contribution is 6.14. The van der Waals surface area contributed by atoms with E-state index in [-0.39, 0.29) is 6.04 Å². The molecule has 1 atom stereocenters. The molecule has 1 aliphatic heterocycles. The molecule has 0 spiro atoms. The maximum Gasteiger partial charge on any atom is 0.151 e. The van der Waals surface area contributed by atoms with Gasteiger partial charge in [0.25, 0.3) is 0 Å². The number of hydrogen-bond donors (Lipinski definition) is 0. The van der Waals surface area contributed by atoms with E-state index in [1.807, 2.05) is 31.2 Å². The Labute approximate surface area is 318 Å². The fraction of sp³-hybridized carbons (Fsp3) is 0.100. The highest BCUT2D eigenvalue weighted by Gasteiger charge is 2.25. The second kappa shape index (κ2) is 15.5. The van der Waals surface area contributed by atoms with Gasteiger partial charge in [-0.1, -0.05) is 147 Å². The molecule has 262 valence electrons. The number of hydrogen-bond acceptors (Lipinski definition) is 3. The molecule has 4 nitrogen and oxygen atoms in total. The van der Waals surface area contributed by atoms with Gasteiger partial charge < -0.3 is 0 Å². The van der Waals surface area contributed by atoms with Crippen LogP contribution < -0.4 is 0 Å². The molecule has 0 saturated carbocycles. The molecule has 6 aromatic rings. The Morgan fingerprint density at radius 3 is 2.26 bits per heavy atom. The molecule has 0 saturated heterocycles. The Balaban J connectivity index is 1.24. The molecule has 0 fully saturated rings. The largest absolute Gasteiger partial charge is 0.299 e. The predicted octanol–water partition coefficient (Wildman–Crippen LogP) is 12.6. The van der Waals surface area contributed by atoms with Gasteiger partial charge in [-0.2, -0.15) is 0 Å². The second-order valence-corrected chi connectivity index (χ2v) is 13.7. The van der Waals surface area contributed by atoms with E-state index < -0.39 is 0 Å². The van der Waals surface area contributed by atoms with Crippen molar-refractivity contribution in [2.75, 3.05) is 0 Å². The molecule has 0 amide bonds. The normalized spacial score (nSPS) is 16.2. The van der Waals surface area contributed by atoms with E-state index in [0.29, 0.717) is 6.42 Å². The monoisotopic (exact) mass is 698 g/mol. The third kappa shape index (κ3) is 7.07. The minimum atomic E-state index is -0.281. The van der Waals surface area contributed by atoms with Gasteiger partial charge in [0.05, 0.1) is 23.1 Å².